The third-order valence-electron chi connectivity index (χ3n) is 9.94. The molecule has 10 rings (SSSR count). The number of pyridine rings is 1. The van der Waals surface area contributed by atoms with E-state index in [1.807, 2.05) is 18.5 Å². The van der Waals surface area contributed by atoms with E-state index in [9.17, 15) is 0 Å². The molecule has 0 aliphatic carbocycles. The Morgan fingerprint density at radius 2 is 0.902 bits per heavy atom. The molecule has 0 radical (unpaired) electrons. The lowest BCUT2D eigenvalue weighted by Crippen LogP contribution is -1.98. The van der Waals surface area contributed by atoms with E-state index in [-0.39, 0.29) is 0 Å². The molecule has 51 heavy (non-hydrogen) atoms. The minimum atomic E-state index is 0.850. The van der Waals surface area contributed by atoms with Crippen molar-refractivity contribution in [2.75, 3.05) is 0 Å². The average Bonchev–Trinajstić information content (AvgIpc) is 3.64. The number of nitrogens with zero attached hydrogens (tertiary/aromatic N) is 4. The SMILES string of the molecule is c1ccc(-c2c3ccccc3c(-c3cccc(-c4ccc5nn(-c6ccc(-c7cncc8ccccc78)cc6)nc5c4)c3)c3ccccc23)cc1. The highest BCUT2D eigenvalue weighted by atomic mass is 15.5. The van der Waals surface area contributed by atoms with Gasteiger partial charge in [-0.2, -0.15) is 4.80 Å². The van der Waals surface area contributed by atoms with Crippen molar-refractivity contribution in [2.45, 2.75) is 0 Å². The van der Waals surface area contributed by atoms with Crippen LogP contribution in [0, 0.1) is 0 Å². The van der Waals surface area contributed by atoms with Crippen molar-refractivity contribution in [1.82, 2.24) is 20.0 Å². The largest absolute Gasteiger partial charge is 0.263 e. The van der Waals surface area contributed by atoms with E-state index >= 15 is 0 Å². The molecule has 2 heterocycles. The summed E-state index contributed by atoms with van der Waals surface area (Å²) in [5, 5.41) is 17.1. The monoisotopic (exact) mass is 650 g/mol. The van der Waals surface area contributed by atoms with Crippen molar-refractivity contribution in [3.05, 3.63) is 182 Å². The lowest BCUT2D eigenvalue weighted by atomic mass is 9.85. The Morgan fingerprint density at radius 3 is 1.63 bits per heavy atom. The molecule has 8 aromatic carbocycles. The molecule has 0 aliphatic heterocycles. The number of hydrogen-bond acceptors (Lipinski definition) is 3. The van der Waals surface area contributed by atoms with Gasteiger partial charge >= 0.3 is 0 Å². The molecule has 0 spiro atoms. The van der Waals surface area contributed by atoms with Crippen LogP contribution in [-0.4, -0.2) is 20.0 Å². The Labute approximate surface area is 294 Å². The van der Waals surface area contributed by atoms with Crippen LogP contribution in [0.4, 0.5) is 0 Å². The lowest BCUT2D eigenvalue weighted by Gasteiger charge is -2.18. The smallest absolute Gasteiger partial charge is 0.114 e. The number of benzene rings is 8. The highest BCUT2D eigenvalue weighted by molar-refractivity contribution is 6.21. The fourth-order valence-electron chi connectivity index (χ4n) is 7.54. The van der Waals surface area contributed by atoms with Crippen molar-refractivity contribution in [1.29, 1.82) is 0 Å². The average molecular weight is 651 g/mol. The summed E-state index contributed by atoms with van der Waals surface area (Å²) in [6, 6.07) is 60.3. The molecule has 238 valence electrons. The molecule has 0 saturated carbocycles. The maximum atomic E-state index is 4.92. The summed E-state index contributed by atoms with van der Waals surface area (Å²) in [7, 11) is 0. The third kappa shape index (κ3) is 4.96. The third-order valence-corrected chi connectivity index (χ3v) is 9.94. The van der Waals surface area contributed by atoms with Gasteiger partial charge < -0.3 is 0 Å². The maximum absolute atomic E-state index is 4.92. The zero-order chi connectivity index (χ0) is 33.7. The zero-order valence-corrected chi connectivity index (χ0v) is 27.6. The van der Waals surface area contributed by atoms with Gasteiger partial charge in [-0.1, -0.05) is 140 Å². The Bertz CT molecular complexity index is 2840. The van der Waals surface area contributed by atoms with Crippen LogP contribution in [-0.2, 0) is 0 Å². The van der Waals surface area contributed by atoms with Gasteiger partial charge in [0.05, 0.1) is 5.69 Å². The van der Waals surface area contributed by atoms with Gasteiger partial charge in [-0.15, -0.1) is 10.2 Å². The van der Waals surface area contributed by atoms with E-state index in [1.165, 1.54) is 49.2 Å². The normalized spacial score (nSPS) is 11.5. The maximum Gasteiger partial charge on any atom is 0.114 e. The fourth-order valence-corrected chi connectivity index (χ4v) is 7.54. The van der Waals surface area contributed by atoms with Gasteiger partial charge in [-0.3, -0.25) is 4.98 Å². The summed E-state index contributed by atoms with van der Waals surface area (Å²) in [6.45, 7) is 0. The van der Waals surface area contributed by atoms with Crippen LogP contribution in [0.3, 0.4) is 0 Å². The number of hydrogen-bond donors (Lipinski definition) is 0. The van der Waals surface area contributed by atoms with Crippen molar-refractivity contribution in [3.8, 4) is 50.2 Å². The Morgan fingerprint density at radius 1 is 0.353 bits per heavy atom. The van der Waals surface area contributed by atoms with Crippen LogP contribution in [0.5, 0.6) is 0 Å². The van der Waals surface area contributed by atoms with E-state index in [0.717, 1.165) is 44.4 Å². The molecule has 4 heteroatoms. The molecule has 0 unspecified atom stereocenters. The van der Waals surface area contributed by atoms with Crippen LogP contribution in [0.25, 0.3) is 93.5 Å². The molecule has 0 saturated heterocycles. The molecule has 0 aliphatic rings. The molecule has 10 aromatic rings. The fraction of sp³-hybridized carbons (Fsp3) is 0. The van der Waals surface area contributed by atoms with Crippen molar-refractivity contribution < 1.29 is 0 Å². The summed E-state index contributed by atoms with van der Waals surface area (Å²) in [4.78, 5) is 6.19. The second-order valence-electron chi connectivity index (χ2n) is 12.9. The topological polar surface area (TPSA) is 43.6 Å². The summed E-state index contributed by atoms with van der Waals surface area (Å²) in [5.41, 5.74) is 12.0. The standard InChI is InChI=1S/C47H30N4/c1-2-11-32(12-3-1)46-39-17-6-8-19-41(39)47(42-20-9-7-18-40(42)46)35-15-10-14-33(27-35)34-23-26-44-45(28-34)50-51(49-44)37-24-21-31(22-25-37)43-30-48-29-36-13-4-5-16-38(36)43/h1-30H. The van der Waals surface area contributed by atoms with Crippen molar-refractivity contribution in [2.24, 2.45) is 0 Å². The molecule has 0 fully saturated rings. The van der Waals surface area contributed by atoms with Crippen LogP contribution in [0.2, 0.25) is 0 Å². The zero-order valence-electron chi connectivity index (χ0n) is 27.6. The van der Waals surface area contributed by atoms with Crippen LogP contribution < -0.4 is 0 Å². The van der Waals surface area contributed by atoms with Crippen LogP contribution in [0.1, 0.15) is 0 Å². The summed E-state index contributed by atoms with van der Waals surface area (Å²) in [6.07, 6.45) is 3.84. The number of fused-ring (bicyclic) bond motifs is 4. The number of aromatic nitrogens is 4. The molecule has 4 nitrogen and oxygen atoms in total. The first-order chi connectivity index (χ1) is 25.3. The van der Waals surface area contributed by atoms with Crippen LogP contribution >= 0.6 is 0 Å². The lowest BCUT2D eigenvalue weighted by molar-refractivity contribution is 0.766. The van der Waals surface area contributed by atoms with E-state index in [1.54, 1.807) is 4.80 Å². The van der Waals surface area contributed by atoms with E-state index in [0.29, 0.717) is 0 Å². The molecule has 0 bridgehead atoms. The Balaban J connectivity index is 1.03. The second-order valence-corrected chi connectivity index (χ2v) is 12.9. The molecule has 0 N–H and O–H groups in total. The van der Waals surface area contributed by atoms with Gasteiger partial charge in [-0.25, -0.2) is 0 Å². The van der Waals surface area contributed by atoms with Gasteiger partial charge in [0.25, 0.3) is 0 Å². The van der Waals surface area contributed by atoms with Gasteiger partial charge in [0.1, 0.15) is 11.0 Å². The first kappa shape index (κ1) is 29.0. The minimum absolute atomic E-state index is 0.850. The highest BCUT2D eigenvalue weighted by Gasteiger charge is 2.17. The van der Waals surface area contributed by atoms with Gasteiger partial charge in [0, 0.05) is 23.3 Å². The quantitative estimate of drug-likeness (QED) is 0.174. The highest BCUT2D eigenvalue weighted by Crippen LogP contribution is 2.44. The predicted molar refractivity (Wildman–Crippen MR) is 211 cm³/mol. The second kappa shape index (κ2) is 11.9. The predicted octanol–water partition coefficient (Wildman–Crippen LogP) is 11.9. The molecular weight excluding hydrogens is 621 g/mol. The summed E-state index contributed by atoms with van der Waals surface area (Å²) < 4.78 is 0. The molecule has 0 atom stereocenters. The van der Waals surface area contributed by atoms with E-state index in [4.69, 9.17) is 10.2 Å². The van der Waals surface area contributed by atoms with Crippen molar-refractivity contribution >= 4 is 43.4 Å². The summed E-state index contributed by atoms with van der Waals surface area (Å²) in [5.74, 6) is 0. The first-order valence-electron chi connectivity index (χ1n) is 17.2. The van der Waals surface area contributed by atoms with Gasteiger partial charge in [0.15, 0.2) is 0 Å². The van der Waals surface area contributed by atoms with Gasteiger partial charge in [-0.05, 0) is 96.2 Å². The first-order valence-corrected chi connectivity index (χ1v) is 17.2. The number of rotatable bonds is 5. The Kier molecular flexibility index (Phi) is 6.78. The van der Waals surface area contributed by atoms with E-state index < -0.39 is 0 Å². The molecular formula is C47H30N4. The molecule has 2 aromatic heterocycles. The van der Waals surface area contributed by atoms with E-state index in [2.05, 4.69) is 169 Å². The van der Waals surface area contributed by atoms with Gasteiger partial charge in [0.2, 0.25) is 0 Å². The van der Waals surface area contributed by atoms with Crippen LogP contribution in [0.15, 0.2) is 182 Å². The summed E-state index contributed by atoms with van der Waals surface area (Å²) >= 11 is 0. The Hall–Kier alpha value is -6.91. The molecule has 0 amide bonds. The van der Waals surface area contributed by atoms with Crippen molar-refractivity contribution in [3.63, 3.8) is 0 Å². The minimum Gasteiger partial charge on any atom is -0.263 e.